The summed E-state index contributed by atoms with van der Waals surface area (Å²) < 4.78 is 10.9. The lowest BCUT2D eigenvalue weighted by Gasteiger charge is -2.17. The number of aromatic amines is 1. The number of nitrogens with zero attached hydrogens (tertiary/aromatic N) is 1. The predicted octanol–water partition coefficient (Wildman–Crippen LogP) is 1.90. The molecular weight excluding hydrogens is 436 g/mol. The van der Waals surface area contributed by atoms with Gasteiger partial charge in [0.25, 0.3) is 11.5 Å². The number of nitrogens with one attached hydrogen (secondary N) is 3. The van der Waals surface area contributed by atoms with Gasteiger partial charge in [0.15, 0.2) is 0 Å². The molecule has 3 rings (SSSR count). The van der Waals surface area contributed by atoms with E-state index in [4.69, 9.17) is 4.74 Å². The lowest BCUT2D eigenvalue weighted by Crippen LogP contribution is -2.36. The molecule has 0 unspecified atom stereocenters. The number of benzene rings is 1. The Labute approximate surface area is 186 Å². The van der Waals surface area contributed by atoms with Crippen LogP contribution in [0.1, 0.15) is 24.9 Å². The Balaban J connectivity index is 1.97. The Kier molecular flexibility index (Phi) is 7.58. The maximum Gasteiger partial charge on any atom is 0.348 e. The average molecular weight is 458 g/mol. The van der Waals surface area contributed by atoms with Gasteiger partial charge in [-0.2, -0.15) is 0 Å². The SMILES string of the molecule is COCCn1c(NC(=O)c2ccc(C(=O)OC)s2)c(NCc2ccccc2)c(=O)[nH]c1=O. The minimum absolute atomic E-state index is 0.00440. The zero-order valence-corrected chi connectivity index (χ0v) is 18.3. The minimum atomic E-state index is -0.686. The van der Waals surface area contributed by atoms with Gasteiger partial charge in [0.1, 0.15) is 16.4 Å². The van der Waals surface area contributed by atoms with Gasteiger partial charge in [0.05, 0.1) is 25.1 Å². The van der Waals surface area contributed by atoms with Crippen molar-refractivity contribution in [2.75, 3.05) is 31.5 Å². The fourth-order valence-corrected chi connectivity index (χ4v) is 3.71. The number of methoxy groups -OCH3 is 2. The smallest absolute Gasteiger partial charge is 0.348 e. The van der Waals surface area contributed by atoms with Crippen LogP contribution < -0.4 is 21.9 Å². The van der Waals surface area contributed by atoms with Crippen molar-refractivity contribution < 1.29 is 19.1 Å². The van der Waals surface area contributed by atoms with E-state index in [0.29, 0.717) is 6.54 Å². The van der Waals surface area contributed by atoms with Crippen LogP contribution >= 0.6 is 11.3 Å². The van der Waals surface area contributed by atoms with Crippen LogP contribution in [0.4, 0.5) is 11.5 Å². The molecule has 0 aliphatic carbocycles. The third kappa shape index (κ3) is 5.31. The fraction of sp³-hybridized carbons (Fsp3) is 0.238. The molecule has 0 atom stereocenters. The van der Waals surface area contributed by atoms with Crippen LogP contribution in [0.25, 0.3) is 0 Å². The monoisotopic (exact) mass is 458 g/mol. The molecule has 2 aromatic heterocycles. The van der Waals surface area contributed by atoms with E-state index in [9.17, 15) is 19.2 Å². The van der Waals surface area contributed by atoms with Crippen LogP contribution in [0.5, 0.6) is 0 Å². The summed E-state index contributed by atoms with van der Waals surface area (Å²) in [5, 5.41) is 5.64. The zero-order valence-electron chi connectivity index (χ0n) is 17.5. The summed E-state index contributed by atoms with van der Waals surface area (Å²) in [6, 6.07) is 12.3. The van der Waals surface area contributed by atoms with Crippen molar-refractivity contribution in [2.45, 2.75) is 13.1 Å². The van der Waals surface area contributed by atoms with E-state index in [2.05, 4.69) is 20.4 Å². The number of thiophene rings is 1. The highest BCUT2D eigenvalue weighted by atomic mass is 32.1. The minimum Gasteiger partial charge on any atom is -0.465 e. The Bertz CT molecular complexity index is 1220. The van der Waals surface area contributed by atoms with Crippen molar-refractivity contribution in [1.29, 1.82) is 0 Å². The van der Waals surface area contributed by atoms with Gasteiger partial charge in [-0.05, 0) is 17.7 Å². The second-order valence-corrected chi connectivity index (χ2v) is 7.66. The molecular formula is C21H22N4O6S. The number of aromatic nitrogens is 2. The molecule has 1 amide bonds. The molecule has 3 N–H and O–H groups in total. The first-order chi connectivity index (χ1) is 15.4. The Morgan fingerprint density at radius 3 is 2.47 bits per heavy atom. The zero-order chi connectivity index (χ0) is 23.1. The molecule has 0 saturated carbocycles. The summed E-state index contributed by atoms with van der Waals surface area (Å²) in [4.78, 5) is 52.3. The van der Waals surface area contributed by atoms with E-state index in [1.807, 2.05) is 30.3 Å². The van der Waals surface area contributed by atoms with E-state index >= 15 is 0 Å². The third-order valence-electron chi connectivity index (χ3n) is 4.48. The maximum atomic E-state index is 12.9. The molecule has 2 heterocycles. The highest BCUT2D eigenvalue weighted by Gasteiger charge is 2.20. The van der Waals surface area contributed by atoms with Crippen molar-refractivity contribution in [3.63, 3.8) is 0 Å². The number of anilines is 2. The Morgan fingerprint density at radius 2 is 1.78 bits per heavy atom. The van der Waals surface area contributed by atoms with Crippen LogP contribution in [0.15, 0.2) is 52.1 Å². The summed E-state index contributed by atoms with van der Waals surface area (Å²) in [5.41, 5.74) is -0.423. The van der Waals surface area contributed by atoms with E-state index in [0.717, 1.165) is 16.9 Å². The third-order valence-corrected chi connectivity index (χ3v) is 5.54. The number of H-pyrrole nitrogens is 1. The van der Waals surface area contributed by atoms with Gasteiger partial charge in [-0.15, -0.1) is 11.3 Å². The van der Waals surface area contributed by atoms with Crippen molar-refractivity contribution in [1.82, 2.24) is 9.55 Å². The first-order valence-electron chi connectivity index (χ1n) is 9.58. The molecule has 0 fully saturated rings. The number of rotatable bonds is 9. The molecule has 0 bridgehead atoms. The number of esters is 1. The molecule has 10 nitrogen and oxygen atoms in total. The predicted molar refractivity (Wildman–Crippen MR) is 121 cm³/mol. The second-order valence-electron chi connectivity index (χ2n) is 6.58. The van der Waals surface area contributed by atoms with Gasteiger partial charge >= 0.3 is 11.7 Å². The number of carbonyl (C=O) groups is 2. The summed E-state index contributed by atoms with van der Waals surface area (Å²) in [5.74, 6) is -1.14. The number of amides is 1. The molecule has 0 aliphatic heterocycles. The van der Waals surface area contributed by atoms with Gasteiger partial charge in [0, 0.05) is 13.7 Å². The lowest BCUT2D eigenvalue weighted by molar-refractivity contribution is 0.0606. The standard InChI is InChI=1S/C21H22N4O6S/c1-30-11-10-25-17(23-18(26)14-8-9-15(32-14)20(28)31-2)16(19(27)24-21(25)29)22-12-13-6-4-3-5-7-13/h3-9,22H,10-12H2,1-2H3,(H,23,26)(H,24,27,29). The Morgan fingerprint density at radius 1 is 1.06 bits per heavy atom. The average Bonchev–Trinajstić information content (AvgIpc) is 3.29. The summed E-state index contributed by atoms with van der Waals surface area (Å²) in [6.45, 7) is 0.568. The highest BCUT2D eigenvalue weighted by molar-refractivity contribution is 7.16. The normalized spacial score (nSPS) is 10.6. The van der Waals surface area contributed by atoms with Gasteiger partial charge in [0.2, 0.25) is 0 Å². The van der Waals surface area contributed by atoms with E-state index < -0.39 is 23.1 Å². The van der Waals surface area contributed by atoms with Crippen LogP contribution in [0, 0.1) is 0 Å². The van der Waals surface area contributed by atoms with Crippen molar-refractivity contribution in [3.8, 4) is 0 Å². The van der Waals surface area contributed by atoms with Gasteiger partial charge < -0.3 is 20.1 Å². The molecule has 3 aromatic rings. The number of hydrogen-bond acceptors (Lipinski definition) is 8. The summed E-state index contributed by atoms with van der Waals surface area (Å²) >= 11 is 0.936. The molecule has 1 aromatic carbocycles. The number of ether oxygens (including phenoxy) is 2. The van der Waals surface area contributed by atoms with E-state index in [-0.39, 0.29) is 34.4 Å². The second kappa shape index (κ2) is 10.6. The quantitative estimate of drug-likeness (QED) is 0.417. The molecule has 0 aliphatic rings. The molecule has 0 saturated heterocycles. The lowest BCUT2D eigenvalue weighted by atomic mass is 10.2. The van der Waals surface area contributed by atoms with E-state index in [1.165, 1.54) is 30.9 Å². The van der Waals surface area contributed by atoms with Crippen LogP contribution in [-0.4, -0.2) is 42.3 Å². The van der Waals surface area contributed by atoms with Crippen LogP contribution in [0.2, 0.25) is 0 Å². The first kappa shape index (κ1) is 23.0. The molecule has 11 heteroatoms. The van der Waals surface area contributed by atoms with Gasteiger partial charge in [-0.3, -0.25) is 19.1 Å². The number of hydrogen-bond donors (Lipinski definition) is 3. The molecule has 168 valence electrons. The van der Waals surface area contributed by atoms with Gasteiger partial charge in [-0.25, -0.2) is 9.59 Å². The molecule has 0 spiro atoms. The van der Waals surface area contributed by atoms with Crippen molar-refractivity contribution in [2.24, 2.45) is 0 Å². The maximum absolute atomic E-state index is 12.9. The highest BCUT2D eigenvalue weighted by Crippen LogP contribution is 2.21. The fourth-order valence-electron chi connectivity index (χ4n) is 2.89. The molecule has 0 radical (unpaired) electrons. The number of carbonyl (C=O) groups excluding carboxylic acids is 2. The summed E-state index contributed by atoms with van der Waals surface area (Å²) in [7, 11) is 2.72. The van der Waals surface area contributed by atoms with Crippen LogP contribution in [-0.2, 0) is 22.6 Å². The molecule has 32 heavy (non-hydrogen) atoms. The largest absolute Gasteiger partial charge is 0.465 e. The topological polar surface area (TPSA) is 132 Å². The Hall–Kier alpha value is -3.70. The summed E-state index contributed by atoms with van der Waals surface area (Å²) in [6.07, 6.45) is 0. The van der Waals surface area contributed by atoms with Crippen LogP contribution in [0.3, 0.4) is 0 Å². The first-order valence-corrected chi connectivity index (χ1v) is 10.4. The van der Waals surface area contributed by atoms with Crippen molar-refractivity contribution in [3.05, 3.63) is 78.6 Å². The van der Waals surface area contributed by atoms with Crippen molar-refractivity contribution >= 4 is 34.7 Å². The van der Waals surface area contributed by atoms with E-state index in [1.54, 1.807) is 0 Å². The van der Waals surface area contributed by atoms with Gasteiger partial charge in [-0.1, -0.05) is 30.3 Å².